The van der Waals surface area contributed by atoms with Gasteiger partial charge in [-0.15, -0.1) is 0 Å². The Hall–Kier alpha value is -1.16. The second kappa shape index (κ2) is 5.91. The van der Waals surface area contributed by atoms with Gasteiger partial charge in [0.1, 0.15) is 5.75 Å². The first-order valence-corrected chi connectivity index (χ1v) is 7.69. The number of nitrogens with one attached hydrogen (secondary N) is 1. The molecule has 3 rings (SSSR count). The molecule has 1 aromatic heterocycles. The molecule has 0 aliphatic carbocycles. The third-order valence-corrected chi connectivity index (χ3v) is 4.28. The van der Waals surface area contributed by atoms with Crippen LogP contribution in [0.5, 0.6) is 5.75 Å². The Morgan fingerprint density at radius 2 is 2.10 bits per heavy atom. The van der Waals surface area contributed by atoms with Gasteiger partial charge in [0.05, 0.1) is 23.4 Å². The van der Waals surface area contributed by atoms with Crippen LogP contribution in [-0.4, -0.2) is 11.6 Å². The van der Waals surface area contributed by atoms with Crippen LogP contribution in [0.3, 0.4) is 0 Å². The van der Waals surface area contributed by atoms with Crippen molar-refractivity contribution in [1.82, 2.24) is 4.98 Å². The van der Waals surface area contributed by atoms with E-state index in [1.165, 1.54) is 0 Å². The monoisotopic (exact) mass is 342 g/mol. The van der Waals surface area contributed by atoms with E-state index < -0.39 is 0 Å². The normalized spacial score (nSPS) is 17.0. The van der Waals surface area contributed by atoms with E-state index in [1.807, 2.05) is 19.1 Å². The number of fused-ring (bicyclic) bond motifs is 1. The minimum absolute atomic E-state index is 0.0327. The van der Waals surface area contributed by atoms with Crippen molar-refractivity contribution in [2.24, 2.45) is 0 Å². The van der Waals surface area contributed by atoms with Gasteiger partial charge in [0.25, 0.3) is 0 Å². The van der Waals surface area contributed by atoms with E-state index in [-0.39, 0.29) is 6.04 Å². The predicted molar refractivity (Wildman–Crippen MR) is 86.9 cm³/mol. The fourth-order valence-electron chi connectivity index (χ4n) is 2.45. The third kappa shape index (κ3) is 2.91. The van der Waals surface area contributed by atoms with Crippen LogP contribution in [0.25, 0.3) is 0 Å². The summed E-state index contributed by atoms with van der Waals surface area (Å²) in [5.74, 6) is 0.683. The zero-order chi connectivity index (χ0) is 15.0. The Labute approximate surface area is 138 Å². The van der Waals surface area contributed by atoms with Crippen LogP contribution < -0.4 is 10.1 Å². The van der Waals surface area contributed by atoms with Crippen molar-refractivity contribution in [2.45, 2.75) is 19.4 Å². The Morgan fingerprint density at radius 3 is 2.86 bits per heavy atom. The van der Waals surface area contributed by atoms with Crippen molar-refractivity contribution >= 4 is 40.5 Å². The number of pyridine rings is 1. The molecule has 0 fully saturated rings. The van der Waals surface area contributed by atoms with Crippen LogP contribution in [0.4, 0.5) is 5.69 Å². The van der Waals surface area contributed by atoms with Gasteiger partial charge in [0.15, 0.2) is 5.15 Å². The van der Waals surface area contributed by atoms with Crippen molar-refractivity contribution < 1.29 is 4.74 Å². The van der Waals surface area contributed by atoms with Crippen LogP contribution in [0.1, 0.15) is 23.6 Å². The summed E-state index contributed by atoms with van der Waals surface area (Å²) in [7, 11) is 0. The standard InChI is InChI=1S/C15H13Cl3N2O/c1-8-2-4-19-15(18)13(8)20-12-3-5-21-14-10(12)6-9(16)7-11(14)17/h2,4,6-7,12,20H,3,5H2,1H3. The molecule has 21 heavy (non-hydrogen) atoms. The maximum absolute atomic E-state index is 6.20. The maximum atomic E-state index is 6.20. The number of halogens is 3. The summed E-state index contributed by atoms with van der Waals surface area (Å²) in [6.45, 7) is 2.57. The number of anilines is 1. The van der Waals surface area contributed by atoms with E-state index in [0.29, 0.717) is 27.6 Å². The number of benzene rings is 1. The number of hydrogen-bond acceptors (Lipinski definition) is 3. The van der Waals surface area contributed by atoms with Gasteiger partial charge in [-0.1, -0.05) is 34.8 Å². The second-order valence-corrected chi connectivity index (χ2v) is 6.14. The fourth-order valence-corrected chi connectivity index (χ4v) is 3.27. The lowest BCUT2D eigenvalue weighted by atomic mass is 10.00. The van der Waals surface area contributed by atoms with Crippen LogP contribution in [0.15, 0.2) is 24.4 Å². The summed E-state index contributed by atoms with van der Waals surface area (Å²) >= 11 is 18.5. The van der Waals surface area contributed by atoms with Gasteiger partial charge >= 0.3 is 0 Å². The van der Waals surface area contributed by atoms with Crippen LogP contribution in [0.2, 0.25) is 15.2 Å². The Kier molecular flexibility index (Phi) is 4.16. The lowest BCUT2D eigenvalue weighted by molar-refractivity contribution is 0.274. The highest BCUT2D eigenvalue weighted by atomic mass is 35.5. The lowest BCUT2D eigenvalue weighted by Crippen LogP contribution is -2.21. The molecule has 0 saturated carbocycles. The topological polar surface area (TPSA) is 34.2 Å². The minimum atomic E-state index is 0.0327. The van der Waals surface area contributed by atoms with Gasteiger partial charge in [-0.25, -0.2) is 4.98 Å². The summed E-state index contributed by atoms with van der Waals surface area (Å²) in [6.07, 6.45) is 2.49. The van der Waals surface area contributed by atoms with Crippen LogP contribution in [0, 0.1) is 6.92 Å². The first-order valence-electron chi connectivity index (χ1n) is 6.55. The van der Waals surface area contributed by atoms with E-state index >= 15 is 0 Å². The molecule has 0 bridgehead atoms. The van der Waals surface area contributed by atoms with Crippen molar-refractivity contribution in [2.75, 3.05) is 11.9 Å². The molecule has 110 valence electrons. The average Bonchev–Trinajstić information content (AvgIpc) is 2.43. The van der Waals surface area contributed by atoms with E-state index in [9.17, 15) is 0 Å². The molecule has 1 N–H and O–H groups in total. The molecule has 1 aliphatic heterocycles. The van der Waals surface area contributed by atoms with Gasteiger partial charge in [0, 0.05) is 23.2 Å². The van der Waals surface area contributed by atoms with Crippen LogP contribution in [-0.2, 0) is 0 Å². The first-order chi connectivity index (χ1) is 10.1. The van der Waals surface area contributed by atoms with E-state index in [1.54, 1.807) is 12.3 Å². The molecule has 1 unspecified atom stereocenters. The van der Waals surface area contributed by atoms with E-state index in [0.717, 1.165) is 23.2 Å². The summed E-state index contributed by atoms with van der Waals surface area (Å²) in [5, 5.41) is 5.01. The molecule has 1 aromatic carbocycles. The number of nitrogens with zero attached hydrogens (tertiary/aromatic N) is 1. The van der Waals surface area contributed by atoms with Crippen molar-refractivity contribution in [3.05, 3.63) is 50.7 Å². The van der Waals surface area contributed by atoms with Crippen molar-refractivity contribution in [3.8, 4) is 5.75 Å². The van der Waals surface area contributed by atoms with E-state index in [2.05, 4.69) is 10.3 Å². The molecule has 2 aromatic rings. The molecule has 0 amide bonds. The highest BCUT2D eigenvalue weighted by molar-refractivity contribution is 6.35. The molecule has 1 aliphatic rings. The minimum Gasteiger partial charge on any atom is -0.492 e. The summed E-state index contributed by atoms with van der Waals surface area (Å²) in [5.41, 5.74) is 2.81. The first kappa shape index (κ1) is 14.8. The molecule has 0 saturated heterocycles. The van der Waals surface area contributed by atoms with Gasteiger partial charge < -0.3 is 10.1 Å². The SMILES string of the molecule is Cc1ccnc(Cl)c1NC1CCOc2c(Cl)cc(Cl)cc21. The van der Waals surface area contributed by atoms with Gasteiger partial charge in [-0.3, -0.25) is 0 Å². The van der Waals surface area contributed by atoms with Gasteiger partial charge in [-0.2, -0.15) is 0 Å². The third-order valence-electron chi connectivity index (χ3n) is 3.50. The smallest absolute Gasteiger partial charge is 0.152 e. The van der Waals surface area contributed by atoms with Crippen molar-refractivity contribution in [1.29, 1.82) is 0 Å². The summed E-state index contributed by atoms with van der Waals surface area (Å²) < 4.78 is 5.66. The van der Waals surface area contributed by atoms with E-state index in [4.69, 9.17) is 39.5 Å². The fraction of sp³-hybridized carbons (Fsp3) is 0.267. The molecular weight excluding hydrogens is 331 g/mol. The summed E-state index contributed by atoms with van der Waals surface area (Å²) in [4.78, 5) is 4.12. The zero-order valence-corrected chi connectivity index (χ0v) is 13.6. The maximum Gasteiger partial charge on any atom is 0.152 e. The number of hydrogen-bond donors (Lipinski definition) is 1. The molecule has 6 heteroatoms. The quantitative estimate of drug-likeness (QED) is 0.753. The predicted octanol–water partition coefficient (Wildman–Crippen LogP) is 5.29. The number of ether oxygens (including phenoxy) is 1. The average molecular weight is 344 g/mol. The Bertz CT molecular complexity index is 671. The number of rotatable bonds is 2. The zero-order valence-electron chi connectivity index (χ0n) is 11.3. The van der Waals surface area contributed by atoms with Crippen LogP contribution >= 0.6 is 34.8 Å². The number of aryl methyl sites for hydroxylation is 1. The highest BCUT2D eigenvalue weighted by Gasteiger charge is 2.25. The Balaban J connectivity index is 1.99. The molecular formula is C15H13Cl3N2O. The van der Waals surface area contributed by atoms with Crippen molar-refractivity contribution in [3.63, 3.8) is 0 Å². The van der Waals surface area contributed by atoms with Gasteiger partial charge in [-0.05, 0) is 30.7 Å². The van der Waals surface area contributed by atoms with Gasteiger partial charge in [0.2, 0.25) is 0 Å². The molecule has 0 radical (unpaired) electrons. The molecule has 2 heterocycles. The molecule has 1 atom stereocenters. The summed E-state index contributed by atoms with van der Waals surface area (Å²) in [6, 6.07) is 5.51. The number of aromatic nitrogens is 1. The molecule has 3 nitrogen and oxygen atoms in total. The molecule has 0 spiro atoms. The second-order valence-electron chi connectivity index (χ2n) is 4.93. The largest absolute Gasteiger partial charge is 0.492 e. The lowest BCUT2D eigenvalue weighted by Gasteiger charge is -2.29. The Morgan fingerprint density at radius 1 is 1.29 bits per heavy atom. The highest BCUT2D eigenvalue weighted by Crippen LogP contribution is 2.42.